The van der Waals surface area contributed by atoms with E-state index in [-0.39, 0.29) is 5.82 Å². The number of aromatic nitrogens is 3. The standard InChI is InChI=1S/C24H24FIN6S/c25-20-9-8-19(12-17(20)13-26)29-22-21-23(28-15-27-22)31-24(33-21)30-18-6-4-16(5-7-18)14-32-10-2-1-3-11-32/h4-9,12,15H,1-3,10-11,13-14H2,(H2,27,28,29,30,31). The van der Waals surface area contributed by atoms with E-state index in [0.29, 0.717) is 21.5 Å². The number of nitrogens with zero attached hydrogens (tertiary/aromatic N) is 4. The van der Waals surface area contributed by atoms with Gasteiger partial charge in [-0.3, -0.25) is 4.90 Å². The summed E-state index contributed by atoms with van der Waals surface area (Å²) >= 11 is 3.65. The van der Waals surface area contributed by atoms with Crippen molar-refractivity contribution in [3.05, 3.63) is 65.7 Å². The Labute approximate surface area is 209 Å². The highest BCUT2D eigenvalue weighted by molar-refractivity contribution is 14.1. The largest absolute Gasteiger partial charge is 0.339 e. The number of nitrogens with one attached hydrogen (secondary N) is 2. The Morgan fingerprint density at radius 3 is 2.55 bits per heavy atom. The van der Waals surface area contributed by atoms with Crippen LogP contribution < -0.4 is 10.6 Å². The molecule has 0 aliphatic carbocycles. The van der Waals surface area contributed by atoms with Gasteiger partial charge in [0.25, 0.3) is 0 Å². The van der Waals surface area contributed by atoms with E-state index in [1.165, 1.54) is 61.6 Å². The molecule has 0 amide bonds. The normalized spacial score (nSPS) is 14.5. The summed E-state index contributed by atoms with van der Waals surface area (Å²) in [5.74, 6) is 0.461. The Balaban J connectivity index is 1.30. The maximum Gasteiger partial charge on any atom is 0.189 e. The zero-order valence-corrected chi connectivity index (χ0v) is 21.0. The molecule has 5 rings (SSSR count). The molecule has 1 fully saturated rings. The molecule has 33 heavy (non-hydrogen) atoms. The van der Waals surface area contributed by atoms with Crippen LogP contribution in [0.25, 0.3) is 10.3 Å². The molecule has 0 bridgehead atoms. The van der Waals surface area contributed by atoms with E-state index in [1.807, 2.05) is 0 Å². The van der Waals surface area contributed by atoms with Crippen molar-refractivity contribution in [2.75, 3.05) is 23.7 Å². The second-order valence-corrected chi connectivity index (χ2v) is 9.88. The monoisotopic (exact) mass is 574 g/mol. The van der Waals surface area contributed by atoms with Crippen LogP contribution in [0.4, 0.5) is 26.7 Å². The van der Waals surface area contributed by atoms with Crippen LogP contribution >= 0.6 is 33.9 Å². The fraction of sp³-hybridized carbons (Fsp3) is 0.292. The first-order valence-electron chi connectivity index (χ1n) is 11.0. The minimum atomic E-state index is -0.200. The molecule has 0 atom stereocenters. The van der Waals surface area contributed by atoms with E-state index in [1.54, 1.807) is 12.1 Å². The summed E-state index contributed by atoms with van der Waals surface area (Å²) in [6.45, 7) is 3.40. The Kier molecular flexibility index (Phi) is 6.98. The molecule has 0 saturated carbocycles. The van der Waals surface area contributed by atoms with Gasteiger partial charge < -0.3 is 10.6 Å². The van der Waals surface area contributed by atoms with E-state index in [0.717, 1.165) is 27.8 Å². The molecular weight excluding hydrogens is 550 g/mol. The molecule has 170 valence electrons. The van der Waals surface area contributed by atoms with E-state index in [4.69, 9.17) is 0 Å². The first kappa shape index (κ1) is 22.4. The second-order valence-electron chi connectivity index (χ2n) is 8.12. The fourth-order valence-corrected chi connectivity index (χ4v) is 5.45. The van der Waals surface area contributed by atoms with Gasteiger partial charge in [-0.1, -0.05) is 52.5 Å². The molecule has 2 N–H and O–H groups in total. The van der Waals surface area contributed by atoms with Gasteiger partial charge in [0.2, 0.25) is 0 Å². The number of likely N-dealkylation sites (tertiary alicyclic amines) is 1. The smallest absolute Gasteiger partial charge is 0.189 e. The van der Waals surface area contributed by atoms with Gasteiger partial charge in [-0.2, -0.15) is 4.98 Å². The Bertz CT molecular complexity index is 1240. The first-order chi connectivity index (χ1) is 16.2. The second kappa shape index (κ2) is 10.3. The van der Waals surface area contributed by atoms with Gasteiger partial charge in [0.15, 0.2) is 16.6 Å². The minimum absolute atomic E-state index is 0.200. The predicted octanol–water partition coefficient (Wildman–Crippen LogP) is 6.63. The molecule has 1 aliphatic rings. The number of halogens is 2. The molecule has 9 heteroatoms. The Hall–Kier alpha value is -2.37. The maximum absolute atomic E-state index is 13.8. The number of piperidine rings is 1. The van der Waals surface area contributed by atoms with Crippen LogP contribution in [0.5, 0.6) is 0 Å². The number of rotatable bonds is 7. The van der Waals surface area contributed by atoms with Crippen LogP contribution in [0.15, 0.2) is 48.8 Å². The fourth-order valence-electron chi connectivity index (χ4n) is 3.98. The Morgan fingerprint density at radius 1 is 0.970 bits per heavy atom. The highest BCUT2D eigenvalue weighted by Crippen LogP contribution is 2.33. The van der Waals surface area contributed by atoms with Crippen LogP contribution in [0.3, 0.4) is 0 Å². The number of alkyl halides is 1. The van der Waals surface area contributed by atoms with Crippen molar-refractivity contribution in [2.24, 2.45) is 0 Å². The molecule has 6 nitrogen and oxygen atoms in total. The molecule has 0 spiro atoms. The molecule has 1 saturated heterocycles. The minimum Gasteiger partial charge on any atom is -0.339 e. The first-order valence-corrected chi connectivity index (χ1v) is 13.3. The van der Waals surface area contributed by atoms with Crippen molar-refractivity contribution in [3.8, 4) is 0 Å². The maximum atomic E-state index is 13.8. The lowest BCUT2D eigenvalue weighted by atomic mass is 10.1. The quantitative estimate of drug-likeness (QED) is 0.191. The van der Waals surface area contributed by atoms with Crippen LogP contribution in [-0.2, 0) is 11.0 Å². The lowest BCUT2D eigenvalue weighted by molar-refractivity contribution is 0.221. The van der Waals surface area contributed by atoms with Crippen molar-refractivity contribution < 1.29 is 4.39 Å². The van der Waals surface area contributed by atoms with Crippen LogP contribution in [0.2, 0.25) is 0 Å². The van der Waals surface area contributed by atoms with E-state index in [2.05, 4.69) is 77.3 Å². The van der Waals surface area contributed by atoms with E-state index < -0.39 is 0 Å². The summed E-state index contributed by atoms with van der Waals surface area (Å²) in [6, 6.07) is 13.5. The summed E-state index contributed by atoms with van der Waals surface area (Å²) in [5, 5.41) is 7.43. The van der Waals surface area contributed by atoms with Gasteiger partial charge in [-0.15, -0.1) is 0 Å². The third-order valence-corrected chi connectivity index (χ3v) is 7.49. The van der Waals surface area contributed by atoms with Crippen molar-refractivity contribution in [1.82, 2.24) is 19.9 Å². The molecule has 3 heterocycles. The van der Waals surface area contributed by atoms with Gasteiger partial charge in [0, 0.05) is 22.3 Å². The molecule has 2 aromatic carbocycles. The van der Waals surface area contributed by atoms with Crippen molar-refractivity contribution >= 4 is 66.6 Å². The summed E-state index contributed by atoms with van der Waals surface area (Å²) in [4.78, 5) is 15.8. The highest BCUT2D eigenvalue weighted by Gasteiger charge is 2.13. The zero-order chi connectivity index (χ0) is 22.6. The molecule has 0 radical (unpaired) electrons. The van der Waals surface area contributed by atoms with Crippen molar-refractivity contribution in [2.45, 2.75) is 30.2 Å². The molecule has 2 aromatic heterocycles. The SMILES string of the molecule is Fc1ccc(Nc2ncnc3nc(Nc4ccc(CN5CCCCC5)cc4)sc23)cc1CI. The molecule has 4 aromatic rings. The molecule has 1 aliphatic heterocycles. The Morgan fingerprint density at radius 2 is 1.76 bits per heavy atom. The number of hydrogen-bond donors (Lipinski definition) is 2. The molecular formula is C24H24FIN6S. The third-order valence-electron chi connectivity index (χ3n) is 5.70. The van der Waals surface area contributed by atoms with Crippen LogP contribution in [0.1, 0.15) is 30.4 Å². The van der Waals surface area contributed by atoms with Crippen molar-refractivity contribution in [3.63, 3.8) is 0 Å². The average molecular weight is 574 g/mol. The number of fused-ring (bicyclic) bond motifs is 1. The van der Waals surface area contributed by atoms with Gasteiger partial charge in [-0.05, 0) is 67.4 Å². The summed E-state index contributed by atoms with van der Waals surface area (Å²) < 4.78 is 15.3. The zero-order valence-electron chi connectivity index (χ0n) is 18.0. The van der Waals surface area contributed by atoms with Gasteiger partial charge in [0.1, 0.15) is 16.8 Å². The van der Waals surface area contributed by atoms with E-state index in [9.17, 15) is 4.39 Å². The number of anilines is 4. The van der Waals surface area contributed by atoms with Crippen LogP contribution in [-0.4, -0.2) is 32.9 Å². The lowest BCUT2D eigenvalue weighted by Gasteiger charge is -2.26. The van der Waals surface area contributed by atoms with Crippen LogP contribution in [0, 0.1) is 5.82 Å². The third kappa shape index (κ3) is 5.42. The number of hydrogen-bond acceptors (Lipinski definition) is 7. The van der Waals surface area contributed by atoms with Gasteiger partial charge in [0.05, 0.1) is 0 Å². The topological polar surface area (TPSA) is 66.0 Å². The molecule has 0 unspecified atom stereocenters. The van der Waals surface area contributed by atoms with Gasteiger partial charge in [-0.25, -0.2) is 14.4 Å². The highest BCUT2D eigenvalue weighted by atomic mass is 127. The van der Waals surface area contributed by atoms with Gasteiger partial charge >= 0.3 is 0 Å². The van der Waals surface area contributed by atoms with Crippen molar-refractivity contribution in [1.29, 1.82) is 0 Å². The number of thiazole rings is 1. The van der Waals surface area contributed by atoms with E-state index >= 15 is 0 Å². The summed E-state index contributed by atoms with van der Waals surface area (Å²) in [6.07, 6.45) is 5.45. The predicted molar refractivity (Wildman–Crippen MR) is 141 cm³/mol. The average Bonchev–Trinajstić information content (AvgIpc) is 3.26. The summed E-state index contributed by atoms with van der Waals surface area (Å²) in [5.41, 5.74) is 4.38. The summed E-state index contributed by atoms with van der Waals surface area (Å²) in [7, 11) is 0. The lowest BCUT2D eigenvalue weighted by Crippen LogP contribution is -2.28. The number of benzene rings is 2.